The highest BCUT2D eigenvalue weighted by Gasteiger charge is 2.25. The third-order valence-electron chi connectivity index (χ3n) is 4.18. The lowest BCUT2D eigenvalue weighted by Crippen LogP contribution is -2.12. The van der Waals surface area contributed by atoms with Gasteiger partial charge in [-0.1, -0.05) is 24.3 Å². The number of carbonyl (C=O) groups is 1. The summed E-state index contributed by atoms with van der Waals surface area (Å²) >= 11 is 0. The number of carboxylic acid groups (broad SMARTS) is 1. The summed E-state index contributed by atoms with van der Waals surface area (Å²) in [5.74, 6) is 0.305. The van der Waals surface area contributed by atoms with Crippen LogP contribution in [0.3, 0.4) is 0 Å². The lowest BCUT2D eigenvalue weighted by molar-refractivity contribution is -0.136. The Labute approximate surface area is 123 Å². The number of hydrogen-bond donors (Lipinski definition) is 1. The first-order valence-electron chi connectivity index (χ1n) is 7.17. The van der Waals surface area contributed by atoms with Gasteiger partial charge >= 0.3 is 5.97 Å². The van der Waals surface area contributed by atoms with Gasteiger partial charge in [-0.05, 0) is 37.8 Å². The summed E-state index contributed by atoms with van der Waals surface area (Å²) in [6, 6.07) is 8.45. The number of aromatic nitrogens is 2. The maximum absolute atomic E-state index is 10.9. The monoisotopic (exact) mass is 282 g/mol. The smallest absolute Gasteiger partial charge is 0.307 e. The van der Waals surface area contributed by atoms with Gasteiger partial charge in [0, 0.05) is 22.9 Å². The molecule has 0 saturated carbocycles. The van der Waals surface area contributed by atoms with Crippen LogP contribution in [0.5, 0.6) is 0 Å². The number of rotatable bonds is 3. The molecule has 2 aromatic rings. The third-order valence-corrected chi connectivity index (χ3v) is 4.18. The summed E-state index contributed by atoms with van der Waals surface area (Å²) in [4.78, 5) is 20.1. The molecule has 1 aliphatic rings. The zero-order chi connectivity index (χ0) is 15.0. The number of aryl methyl sites for hydroxylation is 2. The van der Waals surface area contributed by atoms with Gasteiger partial charge in [0.05, 0.1) is 6.42 Å². The molecule has 4 nitrogen and oxygen atoms in total. The fourth-order valence-electron chi connectivity index (χ4n) is 3.10. The zero-order valence-corrected chi connectivity index (χ0v) is 12.3. The van der Waals surface area contributed by atoms with E-state index >= 15 is 0 Å². The highest BCUT2D eigenvalue weighted by molar-refractivity contribution is 5.70. The van der Waals surface area contributed by atoms with Crippen LogP contribution in [0, 0.1) is 13.8 Å². The summed E-state index contributed by atoms with van der Waals surface area (Å²) in [5.41, 5.74) is 5.06. The molecule has 0 bridgehead atoms. The first-order valence-corrected chi connectivity index (χ1v) is 7.17. The summed E-state index contributed by atoms with van der Waals surface area (Å²) in [6.07, 6.45) is 1.92. The SMILES string of the molecule is Cc1nc(C2Cc3ccccc3C2)nc(C)c1CC(=O)O. The Kier molecular flexibility index (Phi) is 3.45. The molecule has 0 atom stereocenters. The Balaban J connectivity index is 1.90. The van der Waals surface area contributed by atoms with Crippen LogP contribution < -0.4 is 0 Å². The van der Waals surface area contributed by atoms with Crippen molar-refractivity contribution in [3.63, 3.8) is 0 Å². The molecule has 3 rings (SSSR count). The topological polar surface area (TPSA) is 63.1 Å². The molecule has 0 saturated heterocycles. The van der Waals surface area contributed by atoms with Gasteiger partial charge in [-0.15, -0.1) is 0 Å². The highest BCUT2D eigenvalue weighted by Crippen LogP contribution is 2.32. The standard InChI is InChI=1S/C17H18N2O2/c1-10-15(9-16(20)21)11(2)19-17(18-10)14-7-12-5-3-4-6-13(12)8-14/h3-6,14H,7-9H2,1-2H3,(H,20,21). The van der Waals surface area contributed by atoms with Crippen LogP contribution in [0.25, 0.3) is 0 Å². The van der Waals surface area contributed by atoms with E-state index in [0.717, 1.165) is 35.6 Å². The van der Waals surface area contributed by atoms with Gasteiger partial charge in [-0.3, -0.25) is 4.79 Å². The lowest BCUT2D eigenvalue weighted by atomic mass is 10.0. The molecule has 0 fully saturated rings. The van der Waals surface area contributed by atoms with Crippen molar-refractivity contribution in [1.82, 2.24) is 9.97 Å². The molecule has 1 aromatic heterocycles. The van der Waals surface area contributed by atoms with Crippen molar-refractivity contribution in [3.05, 3.63) is 58.2 Å². The van der Waals surface area contributed by atoms with E-state index in [4.69, 9.17) is 5.11 Å². The quantitative estimate of drug-likeness (QED) is 0.940. The Morgan fingerprint density at radius 2 is 1.67 bits per heavy atom. The van der Waals surface area contributed by atoms with Gasteiger partial charge in [-0.2, -0.15) is 0 Å². The van der Waals surface area contributed by atoms with Crippen molar-refractivity contribution < 1.29 is 9.90 Å². The molecule has 0 unspecified atom stereocenters. The molecule has 0 spiro atoms. The maximum atomic E-state index is 10.9. The largest absolute Gasteiger partial charge is 0.481 e. The van der Waals surface area contributed by atoms with Gasteiger partial charge in [0.1, 0.15) is 5.82 Å². The van der Waals surface area contributed by atoms with Crippen LogP contribution in [0.4, 0.5) is 0 Å². The van der Waals surface area contributed by atoms with Crippen molar-refractivity contribution in [2.45, 2.75) is 39.0 Å². The Morgan fingerprint density at radius 1 is 1.14 bits per heavy atom. The number of nitrogens with zero attached hydrogens (tertiary/aromatic N) is 2. The molecule has 1 aliphatic carbocycles. The van der Waals surface area contributed by atoms with Gasteiger partial charge in [0.15, 0.2) is 0 Å². The molecule has 1 heterocycles. The summed E-state index contributed by atoms with van der Waals surface area (Å²) in [7, 11) is 0. The van der Waals surface area contributed by atoms with E-state index in [1.165, 1.54) is 11.1 Å². The van der Waals surface area contributed by atoms with E-state index < -0.39 is 5.97 Å². The van der Waals surface area contributed by atoms with E-state index in [1.54, 1.807) is 0 Å². The molecular weight excluding hydrogens is 264 g/mol. The van der Waals surface area contributed by atoms with E-state index in [2.05, 4.69) is 34.2 Å². The first-order chi connectivity index (χ1) is 10.0. The second kappa shape index (κ2) is 5.28. The molecule has 4 heteroatoms. The van der Waals surface area contributed by atoms with Crippen LogP contribution in [0.2, 0.25) is 0 Å². The number of carboxylic acids is 1. The summed E-state index contributed by atoms with van der Waals surface area (Å²) in [5, 5.41) is 8.96. The fourth-order valence-corrected chi connectivity index (χ4v) is 3.10. The third kappa shape index (κ3) is 2.66. The van der Waals surface area contributed by atoms with Crippen molar-refractivity contribution in [2.75, 3.05) is 0 Å². The fraction of sp³-hybridized carbons (Fsp3) is 0.353. The van der Waals surface area contributed by atoms with Crippen molar-refractivity contribution in [1.29, 1.82) is 0 Å². The molecule has 108 valence electrons. The van der Waals surface area contributed by atoms with Crippen LogP contribution in [0.15, 0.2) is 24.3 Å². The molecule has 1 aromatic carbocycles. The van der Waals surface area contributed by atoms with Gasteiger partial charge in [0.25, 0.3) is 0 Å². The van der Waals surface area contributed by atoms with Gasteiger partial charge < -0.3 is 5.11 Å². The van der Waals surface area contributed by atoms with E-state index in [-0.39, 0.29) is 6.42 Å². The number of benzene rings is 1. The average molecular weight is 282 g/mol. The normalized spacial score (nSPS) is 14.2. The van der Waals surface area contributed by atoms with E-state index in [1.807, 2.05) is 13.8 Å². The zero-order valence-electron chi connectivity index (χ0n) is 12.3. The minimum atomic E-state index is -0.842. The summed E-state index contributed by atoms with van der Waals surface area (Å²) in [6.45, 7) is 3.75. The molecular formula is C17H18N2O2. The number of hydrogen-bond acceptors (Lipinski definition) is 3. The number of fused-ring (bicyclic) bond motifs is 1. The van der Waals surface area contributed by atoms with Crippen LogP contribution in [0.1, 0.15) is 39.8 Å². The second-order valence-electron chi connectivity index (χ2n) is 5.68. The van der Waals surface area contributed by atoms with Crippen LogP contribution >= 0.6 is 0 Å². The van der Waals surface area contributed by atoms with Crippen molar-refractivity contribution in [2.24, 2.45) is 0 Å². The molecule has 0 amide bonds. The minimum absolute atomic E-state index is 0.0111. The predicted octanol–water partition coefficient (Wildman–Crippen LogP) is 2.60. The predicted molar refractivity (Wildman–Crippen MR) is 79.4 cm³/mol. The molecule has 0 radical (unpaired) electrons. The maximum Gasteiger partial charge on any atom is 0.307 e. The first kappa shape index (κ1) is 13.7. The number of aliphatic carboxylic acids is 1. The minimum Gasteiger partial charge on any atom is -0.481 e. The van der Waals surface area contributed by atoms with E-state index in [9.17, 15) is 4.79 Å². The van der Waals surface area contributed by atoms with Crippen LogP contribution in [-0.4, -0.2) is 21.0 Å². The van der Waals surface area contributed by atoms with Gasteiger partial charge in [-0.25, -0.2) is 9.97 Å². The summed E-state index contributed by atoms with van der Waals surface area (Å²) < 4.78 is 0. The Morgan fingerprint density at radius 3 is 2.14 bits per heavy atom. The van der Waals surface area contributed by atoms with Crippen molar-refractivity contribution >= 4 is 5.97 Å². The highest BCUT2D eigenvalue weighted by atomic mass is 16.4. The molecule has 0 aliphatic heterocycles. The second-order valence-corrected chi connectivity index (χ2v) is 5.68. The lowest BCUT2D eigenvalue weighted by Gasteiger charge is -2.13. The molecule has 1 N–H and O–H groups in total. The Hall–Kier alpha value is -2.23. The van der Waals surface area contributed by atoms with E-state index in [0.29, 0.717) is 5.92 Å². The Bertz CT molecular complexity index is 662. The van der Waals surface area contributed by atoms with Gasteiger partial charge in [0.2, 0.25) is 0 Å². The van der Waals surface area contributed by atoms with Crippen molar-refractivity contribution in [3.8, 4) is 0 Å². The van der Waals surface area contributed by atoms with Crippen LogP contribution in [-0.2, 0) is 24.1 Å². The molecule has 21 heavy (non-hydrogen) atoms. The average Bonchev–Trinajstić information content (AvgIpc) is 2.86.